The second kappa shape index (κ2) is 5.63. The zero-order chi connectivity index (χ0) is 16.8. The molecule has 0 aromatic rings. The molecule has 0 aromatic heterocycles. The Morgan fingerprint density at radius 2 is 1.21 bits per heavy atom. The SMILES string of the molecule is O=C1NC(=O)C2(C3CCCCC3)NC(=O)NC2(C2CCCCC2)N1. The standard InChI is InChI=1S/C17H26N4O3/c22-13-16(11-7-3-1-4-8-11)17(20-14(23)18-13,21-15(24)19-16)12-9-5-2-6-10-12/h11-12H,1-10H2,(H2,19,21,24)(H2,18,20,22,23). The predicted molar refractivity (Wildman–Crippen MR) is 87.0 cm³/mol. The van der Waals surface area contributed by atoms with Crippen molar-refractivity contribution < 1.29 is 14.4 Å². The Labute approximate surface area is 141 Å². The molecule has 4 rings (SSSR count). The monoisotopic (exact) mass is 334 g/mol. The summed E-state index contributed by atoms with van der Waals surface area (Å²) in [4.78, 5) is 37.7. The number of hydrogen-bond donors (Lipinski definition) is 4. The summed E-state index contributed by atoms with van der Waals surface area (Å²) in [5.41, 5.74) is -2.06. The number of amides is 5. The van der Waals surface area contributed by atoms with Gasteiger partial charge in [0.2, 0.25) is 0 Å². The Bertz CT molecular complexity index is 568. The van der Waals surface area contributed by atoms with Gasteiger partial charge in [0.25, 0.3) is 5.91 Å². The van der Waals surface area contributed by atoms with Crippen molar-refractivity contribution in [2.45, 2.75) is 75.4 Å². The van der Waals surface area contributed by atoms with E-state index in [1.165, 1.54) is 12.8 Å². The Morgan fingerprint density at radius 1 is 0.667 bits per heavy atom. The molecule has 2 saturated carbocycles. The summed E-state index contributed by atoms with van der Waals surface area (Å²) in [6.45, 7) is 0. The Morgan fingerprint density at radius 3 is 1.83 bits per heavy atom. The molecule has 0 spiro atoms. The molecule has 0 radical (unpaired) electrons. The van der Waals surface area contributed by atoms with E-state index in [1.54, 1.807) is 0 Å². The van der Waals surface area contributed by atoms with Crippen LogP contribution in [0.4, 0.5) is 9.59 Å². The summed E-state index contributed by atoms with van der Waals surface area (Å²) in [7, 11) is 0. The maximum Gasteiger partial charge on any atom is 0.323 e. The van der Waals surface area contributed by atoms with Crippen LogP contribution in [-0.4, -0.2) is 29.2 Å². The van der Waals surface area contributed by atoms with E-state index in [1.807, 2.05) is 0 Å². The van der Waals surface area contributed by atoms with Gasteiger partial charge in [-0.15, -0.1) is 0 Å². The van der Waals surface area contributed by atoms with Gasteiger partial charge in [0, 0.05) is 5.92 Å². The molecule has 2 unspecified atom stereocenters. The molecular weight excluding hydrogens is 308 g/mol. The maximum atomic E-state index is 13.1. The lowest BCUT2D eigenvalue weighted by atomic mass is 9.61. The number of imide groups is 1. The van der Waals surface area contributed by atoms with Gasteiger partial charge in [-0.25, -0.2) is 9.59 Å². The van der Waals surface area contributed by atoms with Crippen LogP contribution in [0.25, 0.3) is 0 Å². The molecule has 0 aromatic carbocycles. The van der Waals surface area contributed by atoms with Crippen molar-refractivity contribution >= 4 is 18.0 Å². The van der Waals surface area contributed by atoms with Crippen molar-refractivity contribution in [1.29, 1.82) is 0 Å². The van der Waals surface area contributed by atoms with Crippen LogP contribution >= 0.6 is 0 Å². The quantitative estimate of drug-likeness (QED) is 0.619. The zero-order valence-electron chi connectivity index (χ0n) is 14.0. The summed E-state index contributed by atoms with van der Waals surface area (Å²) in [5.74, 6) is -0.211. The number of fused-ring (bicyclic) bond motifs is 1. The highest BCUT2D eigenvalue weighted by Crippen LogP contribution is 2.48. The number of hydrogen-bond acceptors (Lipinski definition) is 3. The molecule has 2 atom stereocenters. The van der Waals surface area contributed by atoms with Crippen molar-refractivity contribution in [3.8, 4) is 0 Å². The summed E-state index contributed by atoms with van der Waals surface area (Å²) < 4.78 is 0. The average Bonchev–Trinajstić information content (AvgIpc) is 2.91. The Hall–Kier alpha value is -1.79. The van der Waals surface area contributed by atoms with E-state index in [4.69, 9.17) is 0 Å². The van der Waals surface area contributed by atoms with E-state index < -0.39 is 17.2 Å². The third-order valence-electron chi connectivity index (χ3n) is 6.57. The smallest absolute Gasteiger partial charge is 0.320 e. The first-order valence-electron chi connectivity index (χ1n) is 9.32. The number of carbonyl (C=O) groups excluding carboxylic acids is 3. The van der Waals surface area contributed by atoms with E-state index in [0.29, 0.717) is 0 Å². The largest absolute Gasteiger partial charge is 0.323 e. The average molecular weight is 334 g/mol. The number of rotatable bonds is 2. The van der Waals surface area contributed by atoms with Crippen LogP contribution in [0.15, 0.2) is 0 Å². The van der Waals surface area contributed by atoms with E-state index in [-0.39, 0.29) is 23.8 Å². The molecule has 24 heavy (non-hydrogen) atoms. The number of nitrogens with one attached hydrogen (secondary N) is 4. The summed E-state index contributed by atoms with van der Waals surface area (Å²) in [6, 6.07) is -0.843. The molecule has 132 valence electrons. The van der Waals surface area contributed by atoms with Crippen LogP contribution in [0.1, 0.15) is 64.2 Å². The highest BCUT2D eigenvalue weighted by molar-refractivity contribution is 6.08. The van der Waals surface area contributed by atoms with Crippen LogP contribution < -0.4 is 21.3 Å². The second-order valence-corrected chi connectivity index (χ2v) is 7.77. The first kappa shape index (κ1) is 15.7. The number of urea groups is 2. The van der Waals surface area contributed by atoms with Gasteiger partial charge in [0.05, 0.1) is 0 Å². The van der Waals surface area contributed by atoms with E-state index in [0.717, 1.165) is 51.4 Å². The van der Waals surface area contributed by atoms with Crippen molar-refractivity contribution in [2.75, 3.05) is 0 Å². The first-order chi connectivity index (χ1) is 11.6. The Balaban J connectivity index is 1.81. The summed E-state index contributed by atoms with van der Waals surface area (Å²) in [6.07, 6.45) is 10.2. The molecular formula is C17H26N4O3. The third kappa shape index (κ3) is 2.06. The number of carbonyl (C=O) groups is 3. The van der Waals surface area contributed by atoms with Crippen molar-refractivity contribution in [1.82, 2.24) is 21.3 Å². The van der Waals surface area contributed by atoms with Gasteiger partial charge in [0.1, 0.15) is 0 Å². The van der Waals surface area contributed by atoms with Gasteiger partial charge >= 0.3 is 12.1 Å². The maximum absolute atomic E-state index is 13.1. The van der Waals surface area contributed by atoms with Crippen LogP contribution in [0.3, 0.4) is 0 Å². The summed E-state index contributed by atoms with van der Waals surface area (Å²) >= 11 is 0. The molecule has 4 N–H and O–H groups in total. The van der Waals surface area contributed by atoms with Gasteiger partial charge in [-0.3, -0.25) is 10.1 Å². The molecule has 5 amide bonds. The highest BCUT2D eigenvalue weighted by Gasteiger charge is 2.71. The topological polar surface area (TPSA) is 99.3 Å². The molecule has 2 heterocycles. The van der Waals surface area contributed by atoms with Gasteiger partial charge in [-0.1, -0.05) is 38.5 Å². The van der Waals surface area contributed by atoms with Crippen molar-refractivity contribution in [2.24, 2.45) is 11.8 Å². The van der Waals surface area contributed by atoms with Gasteiger partial charge in [0.15, 0.2) is 11.2 Å². The van der Waals surface area contributed by atoms with Crippen LogP contribution in [-0.2, 0) is 4.79 Å². The lowest BCUT2D eigenvalue weighted by Crippen LogP contribution is -2.84. The minimum atomic E-state index is -1.07. The van der Waals surface area contributed by atoms with Crippen molar-refractivity contribution in [3.05, 3.63) is 0 Å². The fourth-order valence-corrected chi connectivity index (χ4v) is 5.57. The van der Waals surface area contributed by atoms with Crippen LogP contribution in [0.2, 0.25) is 0 Å². The normalized spacial score (nSPS) is 37.9. The molecule has 7 nitrogen and oxygen atoms in total. The molecule has 7 heteroatoms. The van der Waals surface area contributed by atoms with E-state index in [2.05, 4.69) is 21.3 Å². The second-order valence-electron chi connectivity index (χ2n) is 7.77. The molecule has 2 aliphatic heterocycles. The van der Waals surface area contributed by atoms with E-state index >= 15 is 0 Å². The van der Waals surface area contributed by atoms with Gasteiger partial charge in [-0.05, 0) is 31.6 Å². The van der Waals surface area contributed by atoms with Crippen molar-refractivity contribution in [3.63, 3.8) is 0 Å². The van der Waals surface area contributed by atoms with Gasteiger partial charge in [-0.2, -0.15) is 0 Å². The van der Waals surface area contributed by atoms with Crippen LogP contribution in [0.5, 0.6) is 0 Å². The molecule has 2 aliphatic carbocycles. The Kier molecular flexibility index (Phi) is 3.69. The fourth-order valence-electron chi connectivity index (χ4n) is 5.57. The first-order valence-corrected chi connectivity index (χ1v) is 9.32. The lowest BCUT2D eigenvalue weighted by molar-refractivity contribution is -0.137. The minimum absolute atomic E-state index is 0.0488. The van der Waals surface area contributed by atoms with E-state index in [9.17, 15) is 14.4 Å². The highest BCUT2D eigenvalue weighted by atomic mass is 16.2. The van der Waals surface area contributed by atoms with Crippen LogP contribution in [0, 0.1) is 11.8 Å². The zero-order valence-corrected chi connectivity index (χ0v) is 14.0. The third-order valence-corrected chi connectivity index (χ3v) is 6.57. The molecule has 2 saturated heterocycles. The summed E-state index contributed by atoms with van der Waals surface area (Å²) in [5, 5.41) is 11.4. The predicted octanol–water partition coefficient (Wildman–Crippen LogP) is 1.73. The molecule has 4 fully saturated rings. The molecule has 0 bridgehead atoms. The fraction of sp³-hybridized carbons (Fsp3) is 0.824. The minimum Gasteiger partial charge on any atom is -0.320 e. The van der Waals surface area contributed by atoms with Gasteiger partial charge < -0.3 is 16.0 Å². The lowest BCUT2D eigenvalue weighted by Gasteiger charge is -2.54. The molecule has 4 aliphatic rings.